The molecule has 3 aromatic rings. The summed E-state index contributed by atoms with van der Waals surface area (Å²) >= 11 is 1.46. The molecule has 10 heteroatoms. The van der Waals surface area contributed by atoms with E-state index in [1.807, 2.05) is 5.38 Å². The normalized spacial score (nSPS) is 16.6. The monoisotopic (exact) mass is 444 g/mol. The lowest BCUT2D eigenvalue weighted by molar-refractivity contribution is -0.122. The molecule has 1 aliphatic rings. The second-order valence-corrected chi connectivity index (χ2v) is 8.80. The number of nitrogens with one attached hydrogen (secondary N) is 1. The minimum absolute atomic E-state index is 0.0342. The third-order valence-electron chi connectivity index (χ3n) is 5.60. The van der Waals surface area contributed by atoms with Crippen molar-refractivity contribution in [2.75, 3.05) is 31.5 Å². The zero-order chi connectivity index (χ0) is 21.8. The number of hydrogen-bond donors (Lipinski definition) is 1. The third kappa shape index (κ3) is 5.20. The molecule has 1 unspecified atom stereocenters. The summed E-state index contributed by atoms with van der Waals surface area (Å²) in [5.41, 5.74) is 0.752. The molecule has 1 aliphatic heterocycles. The molecule has 0 aliphatic carbocycles. The number of carbonyl (C=O) groups is 1. The summed E-state index contributed by atoms with van der Waals surface area (Å²) in [6.07, 6.45) is 4.59. The van der Waals surface area contributed by atoms with Gasteiger partial charge in [0.05, 0.1) is 11.7 Å². The van der Waals surface area contributed by atoms with Crippen LogP contribution < -0.4 is 10.9 Å². The second-order valence-electron chi connectivity index (χ2n) is 7.92. The summed E-state index contributed by atoms with van der Waals surface area (Å²) < 4.78 is 6.63. The molecule has 0 radical (unpaired) electrons. The van der Waals surface area contributed by atoms with E-state index in [2.05, 4.69) is 32.2 Å². The van der Waals surface area contributed by atoms with Crippen LogP contribution in [0.3, 0.4) is 0 Å². The molecule has 0 saturated carbocycles. The molecule has 166 valence electrons. The number of aromatic nitrogens is 3. The number of anilines is 1. The van der Waals surface area contributed by atoms with E-state index in [9.17, 15) is 9.59 Å². The first-order valence-electron chi connectivity index (χ1n) is 10.7. The zero-order valence-electron chi connectivity index (χ0n) is 17.9. The van der Waals surface area contributed by atoms with Crippen LogP contribution in [0.25, 0.3) is 4.96 Å². The number of fused-ring (bicyclic) bond motifs is 1. The Morgan fingerprint density at radius 1 is 1.29 bits per heavy atom. The van der Waals surface area contributed by atoms with Gasteiger partial charge in [0.1, 0.15) is 5.76 Å². The van der Waals surface area contributed by atoms with Gasteiger partial charge in [-0.2, -0.15) is 0 Å². The highest BCUT2D eigenvalue weighted by molar-refractivity contribution is 7.15. The summed E-state index contributed by atoms with van der Waals surface area (Å²) in [5.74, 6) is 1.10. The Morgan fingerprint density at radius 3 is 2.81 bits per heavy atom. The number of carbonyl (C=O) groups excluding carboxylic acids is 1. The van der Waals surface area contributed by atoms with Gasteiger partial charge in [-0.25, -0.2) is 4.98 Å². The van der Waals surface area contributed by atoms with Gasteiger partial charge < -0.3 is 9.84 Å². The first-order valence-corrected chi connectivity index (χ1v) is 11.6. The fraction of sp³-hybridized carbons (Fsp3) is 0.524. The average molecular weight is 445 g/mol. The van der Waals surface area contributed by atoms with E-state index in [-0.39, 0.29) is 17.5 Å². The maximum absolute atomic E-state index is 12.9. The first kappa shape index (κ1) is 21.7. The molecule has 0 bridgehead atoms. The van der Waals surface area contributed by atoms with E-state index < -0.39 is 0 Å². The largest absolute Gasteiger partial charge is 0.360 e. The number of thiazole rings is 1. The van der Waals surface area contributed by atoms with E-state index in [0.717, 1.165) is 56.1 Å². The Bertz CT molecular complexity index is 1080. The zero-order valence-corrected chi connectivity index (χ0v) is 18.7. The molecule has 1 N–H and O–H groups in total. The Balaban J connectivity index is 1.37. The van der Waals surface area contributed by atoms with E-state index in [4.69, 9.17) is 4.52 Å². The van der Waals surface area contributed by atoms with Gasteiger partial charge in [0, 0.05) is 56.4 Å². The van der Waals surface area contributed by atoms with Crippen molar-refractivity contribution < 1.29 is 9.32 Å². The Kier molecular flexibility index (Phi) is 6.79. The third-order valence-corrected chi connectivity index (χ3v) is 6.36. The summed E-state index contributed by atoms with van der Waals surface area (Å²) in [6.45, 7) is 7.81. The van der Waals surface area contributed by atoms with Gasteiger partial charge >= 0.3 is 0 Å². The van der Waals surface area contributed by atoms with Crippen LogP contribution in [0.2, 0.25) is 0 Å². The van der Waals surface area contributed by atoms with E-state index in [1.54, 1.807) is 29.7 Å². The number of piperazine rings is 1. The first-order chi connectivity index (χ1) is 15.0. The van der Waals surface area contributed by atoms with Crippen LogP contribution in [0.1, 0.15) is 37.6 Å². The SMILES string of the molecule is CCCCC(C(=O)Nc1cc(C)on1)N1CCN(Cc2cc(=O)n3ccsc3n2)CC1. The lowest BCUT2D eigenvalue weighted by Crippen LogP contribution is -2.53. The van der Waals surface area contributed by atoms with Crippen molar-refractivity contribution in [2.45, 2.75) is 45.7 Å². The molecule has 31 heavy (non-hydrogen) atoms. The molecule has 1 amide bonds. The molecule has 4 rings (SSSR count). The van der Waals surface area contributed by atoms with Crippen molar-refractivity contribution in [3.8, 4) is 0 Å². The predicted molar refractivity (Wildman–Crippen MR) is 119 cm³/mol. The molecule has 0 aromatic carbocycles. The smallest absolute Gasteiger partial charge is 0.258 e. The fourth-order valence-electron chi connectivity index (χ4n) is 3.94. The standard InChI is InChI=1S/C21H28N6O3S/c1-3-4-5-17(20(29)23-18-12-15(2)30-24-18)26-8-6-25(7-9-26)14-16-13-19(28)27-10-11-31-21(27)22-16/h10-13,17H,3-9,14H2,1-2H3,(H,23,24,29). The van der Waals surface area contributed by atoms with E-state index in [1.165, 1.54) is 11.3 Å². The lowest BCUT2D eigenvalue weighted by Gasteiger charge is -2.38. The highest BCUT2D eigenvalue weighted by Crippen LogP contribution is 2.17. The number of rotatable bonds is 8. The second kappa shape index (κ2) is 9.71. The molecule has 3 aromatic heterocycles. The van der Waals surface area contributed by atoms with Crippen molar-refractivity contribution in [1.82, 2.24) is 24.3 Å². The van der Waals surface area contributed by atoms with Crippen molar-refractivity contribution in [2.24, 2.45) is 0 Å². The van der Waals surface area contributed by atoms with Crippen LogP contribution in [0, 0.1) is 6.92 Å². The van der Waals surface area contributed by atoms with E-state index in [0.29, 0.717) is 18.1 Å². The molecule has 9 nitrogen and oxygen atoms in total. The average Bonchev–Trinajstić information content (AvgIpc) is 3.38. The fourth-order valence-corrected chi connectivity index (χ4v) is 4.68. The molecule has 1 atom stereocenters. The van der Waals surface area contributed by atoms with Gasteiger partial charge in [-0.05, 0) is 13.3 Å². The summed E-state index contributed by atoms with van der Waals surface area (Å²) in [5, 5.41) is 8.65. The predicted octanol–water partition coefficient (Wildman–Crippen LogP) is 2.37. The molecule has 1 fully saturated rings. The minimum Gasteiger partial charge on any atom is -0.360 e. The topological polar surface area (TPSA) is 96.0 Å². The van der Waals surface area contributed by atoms with Crippen molar-refractivity contribution in [3.05, 3.63) is 45.5 Å². The van der Waals surface area contributed by atoms with Gasteiger partial charge in [0.15, 0.2) is 10.8 Å². The van der Waals surface area contributed by atoms with Gasteiger partial charge in [-0.15, -0.1) is 11.3 Å². The van der Waals surface area contributed by atoms with Crippen molar-refractivity contribution >= 4 is 28.0 Å². The maximum Gasteiger partial charge on any atom is 0.258 e. The van der Waals surface area contributed by atoms with Crippen LogP contribution in [-0.2, 0) is 11.3 Å². The van der Waals surface area contributed by atoms with Gasteiger partial charge in [0.25, 0.3) is 5.56 Å². The molecule has 4 heterocycles. The van der Waals surface area contributed by atoms with Crippen LogP contribution in [-0.4, -0.2) is 62.5 Å². The lowest BCUT2D eigenvalue weighted by atomic mass is 10.1. The van der Waals surface area contributed by atoms with Crippen LogP contribution in [0.5, 0.6) is 0 Å². The van der Waals surface area contributed by atoms with Crippen LogP contribution in [0.4, 0.5) is 5.82 Å². The van der Waals surface area contributed by atoms with Gasteiger partial charge in [0.2, 0.25) is 5.91 Å². The number of aryl methyl sites for hydroxylation is 1. The number of nitrogens with zero attached hydrogens (tertiary/aromatic N) is 5. The minimum atomic E-state index is -0.190. The maximum atomic E-state index is 12.9. The van der Waals surface area contributed by atoms with Crippen molar-refractivity contribution in [1.29, 1.82) is 0 Å². The number of hydrogen-bond acceptors (Lipinski definition) is 8. The Hall–Kier alpha value is -2.56. The Morgan fingerprint density at radius 2 is 2.10 bits per heavy atom. The summed E-state index contributed by atoms with van der Waals surface area (Å²) in [6, 6.07) is 3.15. The van der Waals surface area contributed by atoms with Crippen LogP contribution >= 0.6 is 11.3 Å². The molecule has 1 saturated heterocycles. The summed E-state index contributed by atoms with van der Waals surface area (Å²) in [4.78, 5) is 35.0. The quantitative estimate of drug-likeness (QED) is 0.570. The highest BCUT2D eigenvalue weighted by Gasteiger charge is 2.29. The van der Waals surface area contributed by atoms with Crippen molar-refractivity contribution in [3.63, 3.8) is 0 Å². The number of amides is 1. The van der Waals surface area contributed by atoms with Gasteiger partial charge in [-0.1, -0.05) is 24.9 Å². The Labute approximate surface area is 184 Å². The van der Waals surface area contributed by atoms with Gasteiger partial charge in [-0.3, -0.25) is 23.8 Å². The number of unbranched alkanes of at least 4 members (excludes halogenated alkanes) is 1. The molecular weight excluding hydrogens is 416 g/mol. The highest BCUT2D eigenvalue weighted by atomic mass is 32.1. The van der Waals surface area contributed by atoms with Crippen LogP contribution in [0.15, 0.2) is 33.0 Å². The van der Waals surface area contributed by atoms with E-state index >= 15 is 0 Å². The summed E-state index contributed by atoms with van der Waals surface area (Å²) in [7, 11) is 0. The molecular formula is C21H28N6O3S. The molecule has 0 spiro atoms.